The number of hydrogen-bond acceptors (Lipinski definition) is 3. The maximum Gasteiger partial charge on any atom is 0.360 e. The molecule has 2 rings (SSSR count). The molecular formula is C13H11FN2O3. The lowest BCUT2D eigenvalue weighted by atomic mass is 10.2. The highest BCUT2D eigenvalue weighted by Gasteiger charge is 2.14. The molecule has 2 aromatic rings. The van der Waals surface area contributed by atoms with E-state index < -0.39 is 17.1 Å². The summed E-state index contributed by atoms with van der Waals surface area (Å²) in [6.45, 7) is 3.22. The highest BCUT2D eigenvalue weighted by molar-refractivity contribution is 5.84. The minimum Gasteiger partial charge on any atom is -0.476 e. The number of rotatable bonds is 2. The van der Waals surface area contributed by atoms with E-state index in [-0.39, 0.29) is 5.82 Å². The third-order valence-corrected chi connectivity index (χ3v) is 2.70. The number of nitrogens with zero attached hydrogens (tertiary/aromatic N) is 2. The average molecular weight is 262 g/mol. The second-order valence-electron chi connectivity index (χ2n) is 4.15. The first-order chi connectivity index (χ1) is 8.90. The minimum absolute atomic E-state index is 0.360. The first-order valence-corrected chi connectivity index (χ1v) is 5.51. The second kappa shape index (κ2) is 4.64. The van der Waals surface area contributed by atoms with Gasteiger partial charge < -0.3 is 5.11 Å². The minimum atomic E-state index is -1.39. The smallest absolute Gasteiger partial charge is 0.360 e. The number of aromatic nitrogens is 2. The quantitative estimate of drug-likeness (QED) is 0.893. The van der Waals surface area contributed by atoms with Gasteiger partial charge in [0, 0.05) is 11.8 Å². The van der Waals surface area contributed by atoms with Crippen LogP contribution in [0.2, 0.25) is 0 Å². The first kappa shape index (κ1) is 12.9. The van der Waals surface area contributed by atoms with E-state index >= 15 is 0 Å². The standard InChI is InChI=1S/C13H11FN2O3/c1-7-5-9(3-4-10(7)14)16-8(2)6-11(17)12(15-16)13(18)19/h3-6H,1-2H3,(H,18,19). The Morgan fingerprint density at radius 2 is 2.00 bits per heavy atom. The molecule has 0 saturated carbocycles. The van der Waals surface area contributed by atoms with Crippen LogP contribution in [-0.2, 0) is 0 Å². The Hall–Kier alpha value is -2.50. The molecule has 1 N–H and O–H groups in total. The molecule has 1 heterocycles. The number of aromatic carboxylic acids is 1. The van der Waals surface area contributed by atoms with E-state index in [1.54, 1.807) is 13.8 Å². The van der Waals surface area contributed by atoms with Gasteiger partial charge in [0.1, 0.15) is 5.82 Å². The summed E-state index contributed by atoms with van der Waals surface area (Å²) in [5.74, 6) is -1.75. The lowest BCUT2D eigenvalue weighted by Gasteiger charge is -2.10. The Balaban J connectivity index is 2.68. The van der Waals surface area contributed by atoms with Gasteiger partial charge in [0.15, 0.2) is 0 Å². The number of hydrogen-bond donors (Lipinski definition) is 1. The second-order valence-corrected chi connectivity index (χ2v) is 4.15. The van der Waals surface area contributed by atoms with Gasteiger partial charge >= 0.3 is 5.97 Å². The zero-order valence-electron chi connectivity index (χ0n) is 10.3. The molecule has 0 unspecified atom stereocenters. The zero-order valence-corrected chi connectivity index (χ0v) is 10.3. The molecular weight excluding hydrogens is 251 g/mol. The predicted octanol–water partition coefficient (Wildman–Crippen LogP) is 1.69. The Bertz CT molecular complexity index is 722. The number of benzene rings is 1. The Kier molecular flexibility index (Phi) is 3.16. The summed E-state index contributed by atoms with van der Waals surface area (Å²) in [5, 5.41) is 12.7. The van der Waals surface area contributed by atoms with Gasteiger partial charge in [-0.25, -0.2) is 13.9 Å². The van der Waals surface area contributed by atoms with Crippen molar-refractivity contribution in [1.82, 2.24) is 9.78 Å². The average Bonchev–Trinajstić information content (AvgIpc) is 2.32. The van der Waals surface area contributed by atoms with Gasteiger partial charge in [-0.2, -0.15) is 5.10 Å². The van der Waals surface area contributed by atoms with Crippen molar-refractivity contribution in [1.29, 1.82) is 0 Å². The lowest BCUT2D eigenvalue weighted by molar-refractivity contribution is 0.0686. The van der Waals surface area contributed by atoms with E-state index in [0.717, 1.165) is 0 Å². The molecule has 0 fully saturated rings. The van der Waals surface area contributed by atoms with Crippen LogP contribution >= 0.6 is 0 Å². The van der Waals surface area contributed by atoms with Crippen LogP contribution in [0.3, 0.4) is 0 Å². The number of halogens is 1. The van der Waals surface area contributed by atoms with Crippen molar-refractivity contribution in [3.05, 3.63) is 57.3 Å². The van der Waals surface area contributed by atoms with Gasteiger partial charge in [0.05, 0.1) is 5.69 Å². The highest BCUT2D eigenvalue weighted by Crippen LogP contribution is 2.13. The topological polar surface area (TPSA) is 72.2 Å². The third kappa shape index (κ3) is 2.37. The molecule has 0 atom stereocenters. The number of carboxylic acid groups (broad SMARTS) is 1. The molecule has 5 nitrogen and oxygen atoms in total. The van der Waals surface area contributed by atoms with E-state index in [1.807, 2.05) is 0 Å². The molecule has 98 valence electrons. The summed E-state index contributed by atoms with van der Waals surface area (Å²) < 4.78 is 14.5. The van der Waals surface area contributed by atoms with Crippen LogP contribution in [-0.4, -0.2) is 20.9 Å². The van der Waals surface area contributed by atoms with E-state index in [4.69, 9.17) is 5.11 Å². The summed E-state index contributed by atoms with van der Waals surface area (Å²) in [5.41, 5.74) is 0.168. The number of carboxylic acids is 1. The molecule has 19 heavy (non-hydrogen) atoms. The number of carbonyl (C=O) groups is 1. The van der Waals surface area contributed by atoms with Crippen LogP contribution in [0.1, 0.15) is 21.7 Å². The van der Waals surface area contributed by atoms with Gasteiger partial charge in [-0.15, -0.1) is 0 Å². The van der Waals surface area contributed by atoms with Crippen molar-refractivity contribution in [2.45, 2.75) is 13.8 Å². The van der Waals surface area contributed by atoms with Gasteiger partial charge in [0.25, 0.3) is 0 Å². The van der Waals surface area contributed by atoms with Gasteiger partial charge in [-0.3, -0.25) is 4.79 Å². The molecule has 0 aliphatic heterocycles. The Morgan fingerprint density at radius 3 is 2.58 bits per heavy atom. The molecule has 0 aliphatic rings. The normalized spacial score (nSPS) is 10.5. The molecule has 0 spiro atoms. The van der Waals surface area contributed by atoms with Gasteiger partial charge in [-0.1, -0.05) is 0 Å². The summed E-state index contributed by atoms with van der Waals surface area (Å²) in [7, 11) is 0. The summed E-state index contributed by atoms with van der Waals surface area (Å²) >= 11 is 0. The van der Waals surface area contributed by atoms with Gasteiger partial charge in [-0.05, 0) is 37.6 Å². The largest absolute Gasteiger partial charge is 0.476 e. The van der Waals surface area contributed by atoms with Crippen LogP contribution in [0.5, 0.6) is 0 Å². The van der Waals surface area contributed by atoms with E-state index in [9.17, 15) is 14.0 Å². The van der Waals surface area contributed by atoms with Crippen molar-refractivity contribution >= 4 is 5.97 Å². The molecule has 1 aromatic carbocycles. The van der Waals surface area contributed by atoms with Crippen molar-refractivity contribution in [2.24, 2.45) is 0 Å². The van der Waals surface area contributed by atoms with Crippen molar-refractivity contribution < 1.29 is 14.3 Å². The first-order valence-electron chi connectivity index (χ1n) is 5.51. The predicted molar refractivity (Wildman–Crippen MR) is 66.2 cm³/mol. The SMILES string of the molecule is Cc1cc(-n2nc(C(=O)O)c(=O)cc2C)ccc1F. The summed E-state index contributed by atoms with van der Waals surface area (Å²) in [4.78, 5) is 22.4. The van der Waals surface area contributed by atoms with E-state index in [0.29, 0.717) is 16.9 Å². The fourth-order valence-corrected chi connectivity index (χ4v) is 1.72. The van der Waals surface area contributed by atoms with Crippen LogP contribution < -0.4 is 5.43 Å². The van der Waals surface area contributed by atoms with Crippen molar-refractivity contribution in [3.63, 3.8) is 0 Å². The maximum absolute atomic E-state index is 13.2. The highest BCUT2D eigenvalue weighted by atomic mass is 19.1. The van der Waals surface area contributed by atoms with Crippen LogP contribution in [0.15, 0.2) is 29.1 Å². The fourth-order valence-electron chi connectivity index (χ4n) is 1.72. The summed E-state index contributed by atoms with van der Waals surface area (Å²) in [6.07, 6.45) is 0. The molecule has 0 amide bonds. The van der Waals surface area contributed by atoms with Gasteiger partial charge in [0.2, 0.25) is 11.1 Å². The van der Waals surface area contributed by atoms with Crippen molar-refractivity contribution in [3.8, 4) is 5.69 Å². The monoisotopic (exact) mass is 262 g/mol. The molecule has 6 heteroatoms. The van der Waals surface area contributed by atoms with Crippen molar-refractivity contribution in [2.75, 3.05) is 0 Å². The van der Waals surface area contributed by atoms with Crippen LogP contribution in [0.4, 0.5) is 4.39 Å². The zero-order chi connectivity index (χ0) is 14.2. The summed E-state index contributed by atoms with van der Waals surface area (Å²) in [6, 6.07) is 5.46. The third-order valence-electron chi connectivity index (χ3n) is 2.70. The number of aryl methyl sites for hydroxylation is 2. The molecule has 0 saturated heterocycles. The molecule has 0 bridgehead atoms. The van der Waals surface area contributed by atoms with E-state index in [1.165, 1.54) is 28.9 Å². The Labute approximate surface area is 107 Å². The molecule has 0 radical (unpaired) electrons. The lowest BCUT2D eigenvalue weighted by Crippen LogP contribution is -2.22. The molecule has 0 aliphatic carbocycles. The maximum atomic E-state index is 13.2. The Morgan fingerprint density at radius 1 is 1.32 bits per heavy atom. The van der Waals surface area contributed by atoms with E-state index in [2.05, 4.69) is 5.10 Å². The van der Waals surface area contributed by atoms with Crippen LogP contribution in [0, 0.1) is 19.7 Å². The fraction of sp³-hybridized carbons (Fsp3) is 0.154. The van der Waals surface area contributed by atoms with Crippen LogP contribution in [0.25, 0.3) is 5.69 Å². The molecule has 1 aromatic heterocycles.